The molecule has 2 aromatic rings. The number of benzene rings is 2. The van der Waals surface area contributed by atoms with Gasteiger partial charge in [-0.3, -0.25) is 10.2 Å². The van der Waals surface area contributed by atoms with Gasteiger partial charge in [0.2, 0.25) is 0 Å². The third-order valence-corrected chi connectivity index (χ3v) is 6.04. The van der Waals surface area contributed by atoms with Crippen molar-refractivity contribution in [2.45, 2.75) is 37.3 Å². The molecule has 0 aliphatic rings. The van der Waals surface area contributed by atoms with Crippen molar-refractivity contribution in [1.82, 2.24) is 10.9 Å². The van der Waals surface area contributed by atoms with Crippen LogP contribution >= 0.6 is 34.8 Å². The van der Waals surface area contributed by atoms with E-state index in [1.165, 1.54) is 0 Å². The van der Waals surface area contributed by atoms with E-state index in [-0.39, 0.29) is 27.2 Å². The summed E-state index contributed by atoms with van der Waals surface area (Å²) < 4.78 is 133. The molecule has 0 radical (unpaired) electrons. The van der Waals surface area contributed by atoms with Gasteiger partial charge in [0.25, 0.3) is 5.91 Å². The van der Waals surface area contributed by atoms with E-state index in [0.29, 0.717) is 12.1 Å². The minimum Gasteiger partial charge on any atom is -0.287 e. The van der Waals surface area contributed by atoms with Crippen LogP contribution in [0.2, 0.25) is 15.1 Å². The molecule has 2 N–H and O–H groups in total. The van der Waals surface area contributed by atoms with Gasteiger partial charge >= 0.3 is 18.5 Å². The van der Waals surface area contributed by atoms with Crippen LogP contribution in [-0.2, 0) is 6.18 Å². The van der Waals surface area contributed by atoms with Crippen molar-refractivity contribution in [2.24, 2.45) is 0 Å². The predicted octanol–water partition coefficient (Wildman–Crippen LogP) is 8.90. The van der Waals surface area contributed by atoms with Crippen LogP contribution in [0, 0.1) is 0 Å². The first-order chi connectivity index (χ1) is 17.3. The third kappa shape index (κ3) is 8.92. The Balaban J connectivity index is 2.38. The second-order valence-electron chi connectivity index (χ2n) is 7.69. The van der Waals surface area contributed by atoms with Gasteiger partial charge in [-0.15, -0.1) is 0 Å². The largest absolute Gasteiger partial charge is 0.417 e. The summed E-state index contributed by atoms with van der Waals surface area (Å²) in [5, 5.41) is -1.01. The van der Waals surface area contributed by atoms with E-state index < -0.39 is 77.8 Å². The Morgan fingerprint density at radius 3 is 2.00 bits per heavy atom. The number of nitrogens with one attached hydrogen (secondary N) is 2. The van der Waals surface area contributed by atoms with Gasteiger partial charge in [-0.2, -0.15) is 39.5 Å². The zero-order valence-corrected chi connectivity index (χ0v) is 20.8. The van der Waals surface area contributed by atoms with Crippen molar-refractivity contribution in [1.29, 1.82) is 0 Å². The number of carbonyl (C=O) groups excluding carboxylic acids is 1. The van der Waals surface area contributed by atoms with E-state index in [1.807, 2.05) is 5.43 Å². The van der Waals surface area contributed by atoms with Crippen molar-refractivity contribution in [3.05, 3.63) is 73.7 Å². The molecule has 1 atom stereocenters. The lowest BCUT2D eigenvalue weighted by Gasteiger charge is -2.19. The van der Waals surface area contributed by atoms with Crippen molar-refractivity contribution < 1.29 is 48.7 Å². The van der Waals surface area contributed by atoms with Gasteiger partial charge < -0.3 is 0 Å². The average molecular weight is 620 g/mol. The van der Waals surface area contributed by atoms with Gasteiger partial charge in [0, 0.05) is 18.5 Å². The Hall–Kier alpha value is -2.22. The van der Waals surface area contributed by atoms with Gasteiger partial charge in [-0.25, -0.2) is 9.82 Å². The van der Waals surface area contributed by atoms with Crippen molar-refractivity contribution in [3.63, 3.8) is 0 Å². The number of carbonyl (C=O) groups is 1. The quantitative estimate of drug-likeness (QED) is 0.134. The fraction of sp³-hybridized carbons (Fsp3) is 0.318. The normalized spacial score (nSPS) is 14.0. The monoisotopic (exact) mass is 618 g/mol. The number of hydrogen-bond acceptors (Lipinski definition) is 2. The molecule has 3 nitrogen and oxygen atoms in total. The van der Waals surface area contributed by atoms with Crippen LogP contribution in [0.1, 0.15) is 45.8 Å². The molecule has 1 amide bonds. The molecule has 1 unspecified atom stereocenters. The molecule has 2 aromatic carbocycles. The number of allylic oxidation sites excluding steroid dienone is 1. The highest BCUT2D eigenvalue weighted by Crippen LogP contribution is 2.42. The molecule has 2 rings (SSSR count). The Kier molecular flexibility index (Phi) is 10.4. The summed E-state index contributed by atoms with van der Waals surface area (Å²) in [7, 11) is 0. The van der Waals surface area contributed by atoms with Gasteiger partial charge in [0.1, 0.15) is 11.7 Å². The van der Waals surface area contributed by atoms with Crippen LogP contribution in [0.5, 0.6) is 0 Å². The summed E-state index contributed by atoms with van der Waals surface area (Å²) in [6, 6.07) is 2.81. The van der Waals surface area contributed by atoms with Crippen LogP contribution < -0.4 is 10.9 Å². The molecule has 0 heterocycles. The molecule has 16 heteroatoms. The first kappa shape index (κ1) is 32.0. The zero-order valence-electron chi connectivity index (χ0n) is 18.5. The van der Waals surface area contributed by atoms with Gasteiger partial charge in [0.15, 0.2) is 0 Å². The lowest BCUT2D eigenvalue weighted by molar-refractivity contribution is -0.140. The first-order valence-electron chi connectivity index (χ1n) is 10.2. The highest BCUT2D eigenvalue weighted by Gasteiger charge is 2.41. The Bertz CT molecular complexity index is 1170. The number of alkyl halides is 9. The maximum atomic E-state index is 14.9. The molecular weight excluding hydrogens is 605 g/mol. The molecule has 0 aliphatic heterocycles. The summed E-state index contributed by atoms with van der Waals surface area (Å²) in [6.07, 6.45) is -16.5. The van der Waals surface area contributed by atoms with Crippen molar-refractivity contribution in [2.75, 3.05) is 6.54 Å². The topological polar surface area (TPSA) is 41.1 Å². The lowest BCUT2D eigenvalue weighted by atomic mass is 9.95. The Labute approximate surface area is 223 Å². The molecule has 210 valence electrons. The summed E-state index contributed by atoms with van der Waals surface area (Å²) >= 11 is 17.2. The molecule has 0 fully saturated rings. The highest BCUT2D eigenvalue weighted by molar-refractivity contribution is 6.48. The molecule has 0 spiro atoms. The second-order valence-corrected chi connectivity index (χ2v) is 8.88. The minimum absolute atomic E-state index is 0.00728. The maximum Gasteiger partial charge on any atom is 0.417 e. The molecule has 0 saturated heterocycles. The van der Waals surface area contributed by atoms with E-state index in [2.05, 4.69) is 0 Å². The van der Waals surface area contributed by atoms with Gasteiger partial charge in [-0.05, 0) is 42.3 Å². The van der Waals surface area contributed by atoms with Gasteiger partial charge in [-0.1, -0.05) is 40.9 Å². The van der Waals surface area contributed by atoms with Crippen LogP contribution in [0.4, 0.5) is 43.9 Å². The number of hydrazine groups is 1. The van der Waals surface area contributed by atoms with Crippen molar-refractivity contribution in [3.8, 4) is 0 Å². The molecule has 0 bridgehead atoms. The lowest BCUT2D eigenvalue weighted by Crippen LogP contribution is -2.39. The van der Waals surface area contributed by atoms with Crippen LogP contribution in [0.15, 0.2) is 36.4 Å². The van der Waals surface area contributed by atoms with E-state index in [0.717, 1.165) is 12.1 Å². The summed E-state index contributed by atoms with van der Waals surface area (Å²) in [6.45, 7) is -0.431. The fourth-order valence-corrected chi connectivity index (χ4v) is 3.70. The molecule has 0 saturated carbocycles. The average Bonchev–Trinajstić information content (AvgIpc) is 2.77. The SMILES string of the molecule is O=C(NNCCCC(F)(F)F)c1ccc(C(F)=CC(c2cc(Cl)c(Cl)c(Cl)c2)C(F)(F)F)cc1C(F)(F)F. The molecule has 38 heavy (non-hydrogen) atoms. The number of halogens is 13. The summed E-state index contributed by atoms with van der Waals surface area (Å²) in [5.41, 5.74) is -0.511. The van der Waals surface area contributed by atoms with Crippen LogP contribution in [0.25, 0.3) is 5.83 Å². The standard InChI is InChI=1S/C22H15Cl3F10N2O/c23-15-7-11(8-16(24)18(15)25)13(21(30,31)32)9-17(26)10-2-3-12(14(6-10)22(33,34)35)19(38)37-36-5-1-4-20(27,28)29/h2-3,6-9,13,36H,1,4-5H2,(H,37,38). The van der Waals surface area contributed by atoms with E-state index in [9.17, 15) is 48.7 Å². The Morgan fingerprint density at radius 2 is 1.50 bits per heavy atom. The summed E-state index contributed by atoms with van der Waals surface area (Å²) in [5.74, 6) is -5.82. The van der Waals surface area contributed by atoms with E-state index in [4.69, 9.17) is 34.8 Å². The van der Waals surface area contributed by atoms with Crippen LogP contribution in [-0.4, -0.2) is 24.8 Å². The minimum atomic E-state index is -5.25. The van der Waals surface area contributed by atoms with Crippen LogP contribution in [0.3, 0.4) is 0 Å². The Morgan fingerprint density at radius 1 is 0.921 bits per heavy atom. The number of hydrogen-bond donors (Lipinski definition) is 2. The van der Waals surface area contributed by atoms with E-state index >= 15 is 0 Å². The van der Waals surface area contributed by atoms with E-state index in [1.54, 1.807) is 5.43 Å². The zero-order chi connectivity index (χ0) is 29.1. The highest BCUT2D eigenvalue weighted by atomic mass is 35.5. The number of rotatable bonds is 8. The molecular formula is C22H15Cl3F10N2O. The summed E-state index contributed by atoms with van der Waals surface area (Å²) in [4.78, 5) is 12.2. The van der Waals surface area contributed by atoms with Gasteiger partial charge in [0.05, 0.1) is 26.2 Å². The smallest absolute Gasteiger partial charge is 0.287 e. The fourth-order valence-electron chi connectivity index (χ4n) is 3.09. The van der Waals surface area contributed by atoms with Crippen molar-refractivity contribution >= 4 is 46.5 Å². The maximum absolute atomic E-state index is 14.9. The second kappa shape index (κ2) is 12.3. The predicted molar refractivity (Wildman–Crippen MR) is 122 cm³/mol. The number of amides is 1. The first-order valence-corrected chi connectivity index (χ1v) is 11.3. The molecule has 0 aliphatic carbocycles. The third-order valence-electron chi connectivity index (χ3n) is 4.84. The molecule has 0 aromatic heterocycles.